The lowest BCUT2D eigenvalue weighted by Crippen LogP contribution is -2.49. The van der Waals surface area contributed by atoms with Crippen LogP contribution in [-0.2, 0) is 16.1 Å². The number of amides is 2. The Bertz CT molecular complexity index is 737. The number of hydrogen-bond acceptors (Lipinski definition) is 3. The van der Waals surface area contributed by atoms with Gasteiger partial charge in [0.1, 0.15) is 17.7 Å². The van der Waals surface area contributed by atoms with Gasteiger partial charge in [-0.05, 0) is 50.6 Å². The van der Waals surface area contributed by atoms with Crippen LogP contribution in [0.25, 0.3) is 0 Å². The van der Waals surface area contributed by atoms with Crippen molar-refractivity contribution in [1.29, 1.82) is 0 Å². The Hall–Kier alpha value is -1.98. The average molecular weight is 397 g/mol. The number of nitrogens with zero attached hydrogens (tertiary/aromatic N) is 1. The maximum Gasteiger partial charge on any atom is 0.247 e. The number of furan rings is 1. The van der Waals surface area contributed by atoms with Gasteiger partial charge in [-0.1, -0.05) is 23.7 Å². The second kappa shape index (κ2) is 8.60. The van der Waals surface area contributed by atoms with Crippen LogP contribution in [0.2, 0.25) is 5.02 Å². The Balaban J connectivity index is 2.44. The Morgan fingerprint density at radius 2 is 1.85 bits per heavy atom. The van der Waals surface area contributed by atoms with Crippen molar-refractivity contribution in [3.8, 4) is 0 Å². The van der Waals surface area contributed by atoms with E-state index in [1.54, 1.807) is 36.4 Å². The van der Waals surface area contributed by atoms with Gasteiger partial charge in [-0.2, -0.15) is 0 Å². The van der Waals surface area contributed by atoms with E-state index in [1.807, 2.05) is 20.8 Å². The fourth-order valence-corrected chi connectivity index (χ4v) is 2.81. The second-order valence-electron chi connectivity index (χ2n) is 6.93. The van der Waals surface area contributed by atoms with Crippen molar-refractivity contribution in [2.45, 2.75) is 38.9 Å². The van der Waals surface area contributed by atoms with Crippen LogP contribution in [0.1, 0.15) is 38.1 Å². The Morgan fingerprint density at radius 1 is 1.19 bits per heavy atom. The van der Waals surface area contributed by atoms with Crippen LogP contribution in [0.15, 0.2) is 47.1 Å². The molecule has 0 spiro atoms. The van der Waals surface area contributed by atoms with Gasteiger partial charge in [-0.15, -0.1) is 11.6 Å². The van der Waals surface area contributed by atoms with Crippen LogP contribution in [0.3, 0.4) is 0 Å². The zero-order chi connectivity index (χ0) is 19.3. The van der Waals surface area contributed by atoms with E-state index in [4.69, 9.17) is 27.6 Å². The molecular weight excluding hydrogens is 375 g/mol. The molecule has 2 aromatic rings. The van der Waals surface area contributed by atoms with Gasteiger partial charge in [0.05, 0.1) is 12.8 Å². The number of carbonyl (C=O) groups excluding carboxylic acids is 2. The lowest BCUT2D eigenvalue weighted by molar-refractivity contribution is -0.140. The Kier molecular flexibility index (Phi) is 6.73. The molecule has 0 aliphatic heterocycles. The molecule has 0 fully saturated rings. The molecule has 1 aromatic heterocycles. The third-order valence-electron chi connectivity index (χ3n) is 3.58. The van der Waals surface area contributed by atoms with Crippen molar-refractivity contribution in [3.63, 3.8) is 0 Å². The third kappa shape index (κ3) is 5.51. The molecule has 0 saturated heterocycles. The number of rotatable bonds is 6. The van der Waals surface area contributed by atoms with Crippen molar-refractivity contribution in [2.24, 2.45) is 0 Å². The zero-order valence-electron chi connectivity index (χ0n) is 15.0. The SMILES string of the molecule is CC(C)(C)NC(=O)[C@H](c1ccc(Cl)cc1)N(Cc1ccco1)C(=O)CCl. The largest absolute Gasteiger partial charge is 0.467 e. The highest BCUT2D eigenvalue weighted by atomic mass is 35.5. The quantitative estimate of drug-likeness (QED) is 0.745. The van der Waals surface area contributed by atoms with E-state index in [0.717, 1.165) is 0 Å². The van der Waals surface area contributed by atoms with Gasteiger partial charge in [0.15, 0.2) is 0 Å². The molecule has 5 nitrogen and oxygen atoms in total. The van der Waals surface area contributed by atoms with E-state index in [-0.39, 0.29) is 24.2 Å². The summed E-state index contributed by atoms with van der Waals surface area (Å²) in [6.45, 7) is 5.77. The van der Waals surface area contributed by atoms with Crippen molar-refractivity contribution < 1.29 is 14.0 Å². The van der Waals surface area contributed by atoms with Crippen molar-refractivity contribution >= 4 is 35.0 Å². The highest BCUT2D eigenvalue weighted by Gasteiger charge is 2.33. The minimum absolute atomic E-state index is 0.128. The van der Waals surface area contributed by atoms with Crippen LogP contribution in [0, 0.1) is 0 Å². The molecule has 0 aliphatic carbocycles. The smallest absolute Gasteiger partial charge is 0.247 e. The van der Waals surface area contributed by atoms with Gasteiger partial charge >= 0.3 is 0 Å². The molecule has 140 valence electrons. The monoisotopic (exact) mass is 396 g/mol. The van der Waals surface area contributed by atoms with Crippen molar-refractivity contribution in [3.05, 3.63) is 59.0 Å². The minimum atomic E-state index is -0.858. The summed E-state index contributed by atoms with van der Waals surface area (Å²) < 4.78 is 5.35. The van der Waals surface area contributed by atoms with E-state index in [2.05, 4.69) is 5.32 Å². The normalized spacial score (nSPS) is 12.5. The van der Waals surface area contributed by atoms with Gasteiger partial charge in [0, 0.05) is 10.6 Å². The first-order chi connectivity index (χ1) is 12.2. The van der Waals surface area contributed by atoms with E-state index >= 15 is 0 Å². The van der Waals surface area contributed by atoms with Crippen LogP contribution < -0.4 is 5.32 Å². The minimum Gasteiger partial charge on any atom is -0.467 e. The molecule has 0 aliphatic rings. The van der Waals surface area contributed by atoms with E-state index in [1.165, 1.54) is 11.2 Å². The lowest BCUT2D eigenvalue weighted by Gasteiger charge is -2.33. The Morgan fingerprint density at radius 3 is 2.35 bits per heavy atom. The fourth-order valence-electron chi connectivity index (χ4n) is 2.53. The first-order valence-corrected chi connectivity index (χ1v) is 9.08. The molecule has 2 amide bonds. The average Bonchev–Trinajstić information content (AvgIpc) is 3.06. The molecule has 1 atom stereocenters. The molecule has 26 heavy (non-hydrogen) atoms. The van der Waals surface area contributed by atoms with Crippen LogP contribution in [0.5, 0.6) is 0 Å². The molecule has 2 rings (SSSR count). The first-order valence-electron chi connectivity index (χ1n) is 8.16. The molecule has 0 unspecified atom stereocenters. The summed E-state index contributed by atoms with van der Waals surface area (Å²) in [6.07, 6.45) is 1.52. The first kappa shape index (κ1) is 20.3. The summed E-state index contributed by atoms with van der Waals surface area (Å²) >= 11 is 11.8. The van der Waals surface area contributed by atoms with Gasteiger partial charge in [0.2, 0.25) is 11.8 Å². The number of hydrogen-bond donors (Lipinski definition) is 1. The number of nitrogens with one attached hydrogen (secondary N) is 1. The van der Waals surface area contributed by atoms with Crippen LogP contribution in [0.4, 0.5) is 0 Å². The van der Waals surface area contributed by atoms with E-state index < -0.39 is 11.6 Å². The molecule has 0 radical (unpaired) electrons. The summed E-state index contributed by atoms with van der Waals surface area (Å²) in [6, 6.07) is 9.44. The highest BCUT2D eigenvalue weighted by molar-refractivity contribution is 6.30. The molecule has 1 heterocycles. The summed E-state index contributed by atoms with van der Waals surface area (Å²) in [5, 5.41) is 3.48. The van der Waals surface area contributed by atoms with Gasteiger partial charge in [-0.25, -0.2) is 0 Å². The molecular formula is C19H22Cl2N2O3. The Labute approximate surface area is 163 Å². The van der Waals surface area contributed by atoms with Crippen molar-refractivity contribution in [1.82, 2.24) is 10.2 Å². The maximum absolute atomic E-state index is 13.0. The summed E-state index contributed by atoms with van der Waals surface area (Å²) in [7, 11) is 0. The summed E-state index contributed by atoms with van der Waals surface area (Å²) in [5.41, 5.74) is 0.184. The number of carbonyl (C=O) groups is 2. The number of halogens is 2. The fraction of sp³-hybridized carbons (Fsp3) is 0.368. The number of alkyl halides is 1. The summed E-state index contributed by atoms with van der Waals surface area (Å²) in [4.78, 5) is 27.0. The standard InChI is InChI=1S/C19H22Cl2N2O3/c1-19(2,3)22-18(25)17(13-6-8-14(21)9-7-13)23(16(24)11-20)12-15-5-4-10-26-15/h4-10,17H,11-12H2,1-3H3,(H,22,25)/t17-/m0/s1. The van der Waals surface area contributed by atoms with Gasteiger partial charge in [-0.3, -0.25) is 9.59 Å². The predicted octanol–water partition coefficient (Wildman–Crippen LogP) is 4.16. The molecule has 1 N–H and O–H groups in total. The third-order valence-corrected chi connectivity index (χ3v) is 4.07. The highest BCUT2D eigenvalue weighted by Crippen LogP contribution is 2.26. The van der Waals surface area contributed by atoms with Crippen LogP contribution >= 0.6 is 23.2 Å². The van der Waals surface area contributed by atoms with Gasteiger partial charge < -0.3 is 14.6 Å². The molecule has 0 saturated carbocycles. The van der Waals surface area contributed by atoms with Crippen molar-refractivity contribution in [2.75, 3.05) is 5.88 Å². The molecule has 1 aromatic carbocycles. The summed E-state index contributed by atoms with van der Waals surface area (Å²) in [5.74, 6) is -0.351. The van der Waals surface area contributed by atoms with Gasteiger partial charge in [0.25, 0.3) is 0 Å². The molecule has 0 bridgehead atoms. The topological polar surface area (TPSA) is 62.6 Å². The van der Waals surface area contributed by atoms with E-state index in [9.17, 15) is 9.59 Å². The second-order valence-corrected chi connectivity index (χ2v) is 7.63. The maximum atomic E-state index is 13.0. The predicted molar refractivity (Wildman–Crippen MR) is 102 cm³/mol. The van der Waals surface area contributed by atoms with Crippen LogP contribution in [-0.4, -0.2) is 28.1 Å². The number of benzene rings is 1. The lowest BCUT2D eigenvalue weighted by atomic mass is 10.0. The van der Waals surface area contributed by atoms with E-state index in [0.29, 0.717) is 16.3 Å². The zero-order valence-corrected chi connectivity index (χ0v) is 16.5. The molecule has 7 heteroatoms.